The molecule has 3 aliphatic carbocycles. The summed E-state index contributed by atoms with van der Waals surface area (Å²) in [4.78, 5) is 2.56. The van der Waals surface area contributed by atoms with Crippen molar-refractivity contribution in [2.75, 3.05) is 4.90 Å². The third-order valence-electron chi connectivity index (χ3n) is 13.9. The number of para-hydroxylation sites is 1. The number of nitrogens with zero attached hydrogens (tertiary/aromatic N) is 1. The summed E-state index contributed by atoms with van der Waals surface area (Å²) in [6.45, 7) is 14.4. The third-order valence-corrected chi connectivity index (χ3v) is 13.9. The van der Waals surface area contributed by atoms with Crippen LogP contribution in [0.5, 0.6) is 0 Å². The van der Waals surface area contributed by atoms with Gasteiger partial charge in [0, 0.05) is 33.1 Å². The molecule has 0 fully saturated rings. The summed E-state index contributed by atoms with van der Waals surface area (Å²) in [6.07, 6.45) is 0. The first-order valence-electron chi connectivity index (χ1n) is 20.8. The van der Waals surface area contributed by atoms with Crippen LogP contribution in [0.25, 0.3) is 55.6 Å². The van der Waals surface area contributed by atoms with Crippen molar-refractivity contribution in [3.63, 3.8) is 0 Å². The summed E-state index contributed by atoms with van der Waals surface area (Å²) >= 11 is 0. The molecule has 0 amide bonds. The largest absolute Gasteiger partial charge is 0.309 e. The minimum absolute atomic E-state index is 0.124. The van der Waals surface area contributed by atoms with Crippen LogP contribution in [0.15, 0.2) is 176 Å². The molecule has 0 heterocycles. The van der Waals surface area contributed by atoms with E-state index in [0.717, 1.165) is 0 Å². The maximum atomic E-state index is 2.56. The molecular formula is C57H47N. The second-order valence-corrected chi connectivity index (χ2v) is 18.1. The molecule has 0 unspecified atom stereocenters. The van der Waals surface area contributed by atoms with Crippen LogP contribution >= 0.6 is 0 Å². The van der Waals surface area contributed by atoms with E-state index in [1.54, 1.807) is 0 Å². The van der Waals surface area contributed by atoms with E-state index in [-0.39, 0.29) is 16.2 Å². The Morgan fingerprint density at radius 1 is 0.293 bits per heavy atom. The van der Waals surface area contributed by atoms with E-state index in [9.17, 15) is 0 Å². The monoisotopic (exact) mass is 745 g/mol. The van der Waals surface area contributed by atoms with E-state index < -0.39 is 0 Å². The normalized spacial score (nSPS) is 15.5. The van der Waals surface area contributed by atoms with Gasteiger partial charge in [-0.25, -0.2) is 0 Å². The van der Waals surface area contributed by atoms with E-state index in [4.69, 9.17) is 0 Å². The topological polar surface area (TPSA) is 3.24 Å². The van der Waals surface area contributed by atoms with Crippen molar-refractivity contribution < 1.29 is 0 Å². The minimum Gasteiger partial charge on any atom is -0.309 e. The molecule has 0 saturated heterocycles. The van der Waals surface area contributed by atoms with Gasteiger partial charge in [0.2, 0.25) is 0 Å². The van der Waals surface area contributed by atoms with Crippen LogP contribution in [-0.2, 0) is 16.2 Å². The molecule has 58 heavy (non-hydrogen) atoms. The molecule has 1 nitrogen and oxygen atoms in total. The van der Waals surface area contributed by atoms with Gasteiger partial charge in [0.15, 0.2) is 0 Å². The minimum atomic E-state index is -0.196. The van der Waals surface area contributed by atoms with Crippen molar-refractivity contribution in [1.82, 2.24) is 0 Å². The Kier molecular flexibility index (Phi) is 7.36. The molecule has 0 saturated carbocycles. The van der Waals surface area contributed by atoms with Gasteiger partial charge in [-0.05, 0) is 120 Å². The number of fused-ring (bicyclic) bond motifs is 9. The first-order chi connectivity index (χ1) is 28.0. The Bertz CT molecular complexity index is 2960. The Morgan fingerprint density at radius 3 is 1.57 bits per heavy atom. The summed E-state index contributed by atoms with van der Waals surface area (Å²) in [5.74, 6) is 0. The zero-order chi connectivity index (χ0) is 39.6. The van der Waals surface area contributed by atoms with E-state index in [2.05, 4.69) is 222 Å². The smallest absolute Gasteiger partial charge is 0.0543 e. The highest BCUT2D eigenvalue weighted by atomic mass is 15.1. The van der Waals surface area contributed by atoms with E-state index in [1.807, 2.05) is 0 Å². The molecule has 0 aromatic heterocycles. The summed E-state index contributed by atoms with van der Waals surface area (Å²) in [5.41, 5.74) is 24.4. The average molecular weight is 746 g/mol. The quantitative estimate of drug-likeness (QED) is 0.170. The van der Waals surface area contributed by atoms with E-state index in [0.29, 0.717) is 0 Å². The molecule has 8 aromatic rings. The lowest BCUT2D eigenvalue weighted by molar-refractivity contribution is 0.652. The van der Waals surface area contributed by atoms with Crippen LogP contribution in [0.4, 0.5) is 17.1 Å². The lowest BCUT2D eigenvalue weighted by Gasteiger charge is -2.32. The van der Waals surface area contributed by atoms with Crippen molar-refractivity contribution in [3.8, 4) is 55.6 Å². The van der Waals surface area contributed by atoms with Gasteiger partial charge in [-0.15, -0.1) is 0 Å². The molecule has 0 bridgehead atoms. The highest BCUT2D eigenvalue weighted by molar-refractivity contribution is 6.00. The summed E-state index contributed by atoms with van der Waals surface area (Å²) < 4.78 is 0. The molecule has 280 valence electrons. The van der Waals surface area contributed by atoms with Gasteiger partial charge in [-0.2, -0.15) is 0 Å². The van der Waals surface area contributed by atoms with Crippen LogP contribution < -0.4 is 4.90 Å². The van der Waals surface area contributed by atoms with Crippen LogP contribution in [0.1, 0.15) is 74.9 Å². The van der Waals surface area contributed by atoms with Crippen LogP contribution in [0.2, 0.25) is 0 Å². The van der Waals surface area contributed by atoms with Crippen molar-refractivity contribution in [1.29, 1.82) is 0 Å². The van der Waals surface area contributed by atoms with Gasteiger partial charge in [-0.3, -0.25) is 0 Å². The number of hydrogen-bond donors (Lipinski definition) is 0. The molecule has 0 aliphatic heterocycles. The van der Waals surface area contributed by atoms with Crippen molar-refractivity contribution in [3.05, 3.63) is 209 Å². The Hall–Kier alpha value is -6.44. The van der Waals surface area contributed by atoms with Crippen molar-refractivity contribution >= 4 is 17.1 Å². The first-order valence-corrected chi connectivity index (χ1v) is 20.8. The summed E-state index contributed by atoms with van der Waals surface area (Å²) in [7, 11) is 0. The fraction of sp³-hybridized carbons (Fsp3) is 0.158. The lowest BCUT2D eigenvalue weighted by Crippen LogP contribution is -2.18. The molecule has 3 aliphatic rings. The Labute approximate surface area is 343 Å². The van der Waals surface area contributed by atoms with Crippen molar-refractivity contribution in [2.45, 2.75) is 57.8 Å². The molecule has 0 atom stereocenters. The van der Waals surface area contributed by atoms with Crippen LogP contribution in [0.3, 0.4) is 0 Å². The first kappa shape index (κ1) is 34.8. The number of hydrogen-bond acceptors (Lipinski definition) is 1. The van der Waals surface area contributed by atoms with Crippen LogP contribution in [-0.4, -0.2) is 0 Å². The standard InChI is InChI=1S/C57H47N/c1-55(2)46-24-15-13-23-41(46)42-31-29-39(33-49(42)55)58(52-26-16-14-22-40(52)37-20-11-8-12-21-37)53-27-17-25-47-54(53)45-35-50-44(34-51(45)56(47,3)4)43-30-28-38(32-48(43)57(50,5)6)36-18-9-7-10-19-36/h7-35H,1-6H3. The SMILES string of the molecule is CC1(C)c2ccccc2-c2ccc(N(c3ccccc3-c3ccccc3)c3cccc4c3-c3cc5c(cc3C4(C)C)-c3ccc(-c4ccccc4)cc3C5(C)C)cc21. The van der Waals surface area contributed by atoms with Crippen molar-refractivity contribution in [2.24, 2.45) is 0 Å². The zero-order valence-electron chi connectivity index (χ0n) is 34.2. The van der Waals surface area contributed by atoms with Gasteiger partial charge >= 0.3 is 0 Å². The van der Waals surface area contributed by atoms with Gasteiger partial charge in [0.1, 0.15) is 0 Å². The fourth-order valence-corrected chi connectivity index (χ4v) is 10.8. The second-order valence-electron chi connectivity index (χ2n) is 18.1. The van der Waals surface area contributed by atoms with Crippen LogP contribution in [0, 0.1) is 0 Å². The van der Waals surface area contributed by atoms with Gasteiger partial charge in [0.05, 0.1) is 11.4 Å². The fourth-order valence-electron chi connectivity index (χ4n) is 10.8. The van der Waals surface area contributed by atoms with E-state index in [1.165, 1.54) is 106 Å². The molecule has 0 spiro atoms. The van der Waals surface area contributed by atoms with Gasteiger partial charge in [0.25, 0.3) is 0 Å². The molecule has 0 N–H and O–H groups in total. The number of benzene rings is 8. The highest BCUT2D eigenvalue weighted by Gasteiger charge is 2.43. The average Bonchev–Trinajstić information content (AvgIpc) is 3.73. The Morgan fingerprint density at radius 2 is 0.793 bits per heavy atom. The lowest BCUT2D eigenvalue weighted by atomic mass is 9.79. The molecule has 1 heteroatoms. The summed E-state index contributed by atoms with van der Waals surface area (Å²) in [5, 5.41) is 0. The highest BCUT2D eigenvalue weighted by Crippen LogP contribution is 2.60. The van der Waals surface area contributed by atoms with Gasteiger partial charge in [-0.1, -0.05) is 175 Å². The zero-order valence-corrected chi connectivity index (χ0v) is 34.2. The summed E-state index contributed by atoms with van der Waals surface area (Å²) in [6, 6.07) is 66.0. The third kappa shape index (κ3) is 4.83. The molecule has 8 aromatic carbocycles. The van der Waals surface area contributed by atoms with E-state index >= 15 is 0 Å². The van der Waals surface area contributed by atoms with Gasteiger partial charge < -0.3 is 4.90 Å². The molecule has 0 radical (unpaired) electrons. The molecule has 11 rings (SSSR count). The maximum Gasteiger partial charge on any atom is 0.0543 e. The number of rotatable bonds is 5. The second kappa shape index (κ2) is 12.3. The maximum absolute atomic E-state index is 2.56. The predicted octanol–water partition coefficient (Wildman–Crippen LogP) is 15.4. The number of anilines is 3. The Balaban J connectivity index is 1.14. The molecular weight excluding hydrogens is 699 g/mol. The predicted molar refractivity (Wildman–Crippen MR) is 245 cm³/mol.